The fourth-order valence-electron chi connectivity index (χ4n) is 1.27. The van der Waals surface area contributed by atoms with Crippen LogP contribution in [0.3, 0.4) is 0 Å². The third-order valence-electron chi connectivity index (χ3n) is 2.10. The molecule has 3 nitrogen and oxygen atoms in total. The van der Waals surface area contributed by atoms with Gasteiger partial charge in [-0.05, 0) is 38.1 Å². The first-order valence-corrected chi connectivity index (χ1v) is 4.88. The summed E-state index contributed by atoms with van der Waals surface area (Å²) in [6.07, 6.45) is 0.467. The molecule has 0 aliphatic carbocycles. The lowest BCUT2D eigenvalue weighted by atomic mass is 10.1. The lowest BCUT2D eigenvalue weighted by molar-refractivity contribution is 0.101. The van der Waals surface area contributed by atoms with E-state index in [2.05, 4.69) is 11.4 Å². The Hall–Kier alpha value is -1.82. The van der Waals surface area contributed by atoms with Crippen LogP contribution >= 0.6 is 0 Å². The fraction of sp³-hybridized carbons (Fsp3) is 0.333. The topological polar surface area (TPSA) is 52.9 Å². The molecule has 0 spiro atoms. The van der Waals surface area contributed by atoms with Crippen molar-refractivity contribution in [3.05, 3.63) is 29.8 Å². The molecule has 0 bridgehead atoms. The number of benzene rings is 1. The van der Waals surface area contributed by atoms with Crippen molar-refractivity contribution in [2.45, 2.75) is 26.3 Å². The minimum Gasteiger partial charge on any atom is -0.382 e. The van der Waals surface area contributed by atoms with Crippen molar-refractivity contribution in [1.82, 2.24) is 0 Å². The van der Waals surface area contributed by atoms with Crippen LogP contribution in [0.25, 0.3) is 0 Å². The summed E-state index contributed by atoms with van der Waals surface area (Å²) in [7, 11) is 0. The first-order chi connectivity index (χ1) is 7.13. The van der Waals surface area contributed by atoms with Gasteiger partial charge in [-0.25, -0.2) is 0 Å². The lowest BCUT2D eigenvalue weighted by Gasteiger charge is -2.11. The number of ketones is 1. The van der Waals surface area contributed by atoms with E-state index in [1.54, 1.807) is 19.1 Å². The minimum absolute atomic E-state index is 0.0617. The molecule has 0 amide bonds. The largest absolute Gasteiger partial charge is 0.382 e. The number of carbonyl (C=O) groups is 1. The second-order valence-electron chi connectivity index (χ2n) is 3.54. The smallest absolute Gasteiger partial charge is 0.159 e. The number of nitriles is 1. The molecular weight excluding hydrogens is 188 g/mol. The van der Waals surface area contributed by atoms with Crippen molar-refractivity contribution in [3.8, 4) is 6.07 Å². The van der Waals surface area contributed by atoms with Crippen molar-refractivity contribution in [1.29, 1.82) is 5.26 Å². The van der Waals surface area contributed by atoms with E-state index in [0.717, 1.165) is 5.69 Å². The molecule has 1 rings (SSSR count). The molecule has 15 heavy (non-hydrogen) atoms. The molecule has 3 heteroatoms. The van der Waals surface area contributed by atoms with Gasteiger partial charge in [0.05, 0.1) is 12.5 Å². The normalized spacial score (nSPS) is 11.5. The van der Waals surface area contributed by atoms with Gasteiger partial charge in [-0.15, -0.1) is 0 Å². The second-order valence-corrected chi connectivity index (χ2v) is 3.54. The maximum Gasteiger partial charge on any atom is 0.159 e. The molecular formula is C12H14N2O. The zero-order valence-corrected chi connectivity index (χ0v) is 8.95. The molecule has 1 N–H and O–H groups in total. The lowest BCUT2D eigenvalue weighted by Crippen LogP contribution is -2.13. The Morgan fingerprint density at radius 2 is 2.07 bits per heavy atom. The molecule has 1 unspecified atom stereocenters. The summed E-state index contributed by atoms with van der Waals surface area (Å²) in [6, 6.07) is 9.49. The SMILES string of the molecule is CC(=O)c1ccc(NC(C)CC#N)cc1. The fourth-order valence-corrected chi connectivity index (χ4v) is 1.27. The van der Waals surface area contributed by atoms with Crippen molar-refractivity contribution in [2.24, 2.45) is 0 Å². The Balaban J connectivity index is 2.65. The Morgan fingerprint density at radius 1 is 1.47 bits per heavy atom. The zero-order chi connectivity index (χ0) is 11.3. The Bertz CT molecular complexity index is 376. The molecule has 0 aliphatic rings. The van der Waals surface area contributed by atoms with E-state index in [1.807, 2.05) is 19.1 Å². The molecule has 1 aromatic carbocycles. The summed E-state index contributed by atoms with van der Waals surface area (Å²) in [5.41, 5.74) is 1.64. The van der Waals surface area contributed by atoms with Crippen LogP contribution in [0.5, 0.6) is 0 Å². The molecule has 0 fully saturated rings. The minimum atomic E-state index is 0.0617. The van der Waals surface area contributed by atoms with Gasteiger partial charge in [0.15, 0.2) is 5.78 Å². The van der Waals surface area contributed by atoms with Gasteiger partial charge in [0, 0.05) is 17.3 Å². The third-order valence-corrected chi connectivity index (χ3v) is 2.10. The van der Waals surface area contributed by atoms with Gasteiger partial charge < -0.3 is 5.32 Å². The van der Waals surface area contributed by atoms with Crippen LogP contribution in [0.2, 0.25) is 0 Å². The number of hydrogen-bond acceptors (Lipinski definition) is 3. The van der Waals surface area contributed by atoms with E-state index in [9.17, 15) is 4.79 Å². The van der Waals surface area contributed by atoms with Gasteiger partial charge in [-0.1, -0.05) is 0 Å². The van der Waals surface area contributed by atoms with Crippen LogP contribution < -0.4 is 5.32 Å². The Kier molecular flexibility index (Phi) is 3.87. The summed E-state index contributed by atoms with van der Waals surface area (Å²) < 4.78 is 0. The highest BCUT2D eigenvalue weighted by molar-refractivity contribution is 5.94. The van der Waals surface area contributed by atoms with Crippen LogP contribution in [0.15, 0.2) is 24.3 Å². The quantitative estimate of drug-likeness (QED) is 0.763. The first-order valence-electron chi connectivity index (χ1n) is 4.88. The predicted molar refractivity (Wildman–Crippen MR) is 59.8 cm³/mol. The van der Waals surface area contributed by atoms with Crippen LogP contribution in [-0.2, 0) is 0 Å². The van der Waals surface area contributed by atoms with E-state index in [0.29, 0.717) is 12.0 Å². The standard InChI is InChI=1S/C12H14N2O/c1-9(7-8-13)14-12-5-3-11(4-6-12)10(2)15/h3-6,9,14H,7H2,1-2H3. The van der Waals surface area contributed by atoms with Crippen LogP contribution in [0.1, 0.15) is 30.6 Å². The summed E-state index contributed by atoms with van der Waals surface area (Å²) in [4.78, 5) is 11.0. The molecule has 0 heterocycles. The molecule has 1 aromatic rings. The van der Waals surface area contributed by atoms with Crippen molar-refractivity contribution in [3.63, 3.8) is 0 Å². The monoisotopic (exact) mass is 202 g/mol. The number of carbonyl (C=O) groups excluding carboxylic acids is 1. The molecule has 0 aliphatic heterocycles. The Morgan fingerprint density at radius 3 is 2.53 bits per heavy atom. The Labute approximate surface area is 89.7 Å². The number of nitrogens with one attached hydrogen (secondary N) is 1. The maximum absolute atomic E-state index is 11.0. The van der Waals surface area contributed by atoms with E-state index in [4.69, 9.17) is 5.26 Å². The second kappa shape index (κ2) is 5.16. The maximum atomic E-state index is 11.0. The molecule has 1 atom stereocenters. The predicted octanol–water partition coefficient (Wildman–Crippen LogP) is 2.60. The third kappa shape index (κ3) is 3.43. The highest BCUT2D eigenvalue weighted by Gasteiger charge is 2.02. The van der Waals surface area contributed by atoms with E-state index < -0.39 is 0 Å². The van der Waals surface area contributed by atoms with E-state index >= 15 is 0 Å². The summed E-state index contributed by atoms with van der Waals surface area (Å²) in [6.45, 7) is 3.49. The number of Topliss-reactive ketones (excluding diaryl/α,β-unsaturated/α-hetero) is 1. The van der Waals surface area contributed by atoms with Gasteiger partial charge in [0.1, 0.15) is 0 Å². The highest BCUT2D eigenvalue weighted by atomic mass is 16.1. The van der Waals surface area contributed by atoms with Gasteiger partial charge in [-0.3, -0.25) is 4.79 Å². The molecule has 0 saturated carbocycles. The zero-order valence-electron chi connectivity index (χ0n) is 8.95. The van der Waals surface area contributed by atoms with Gasteiger partial charge >= 0.3 is 0 Å². The van der Waals surface area contributed by atoms with Gasteiger partial charge in [-0.2, -0.15) is 5.26 Å². The number of rotatable bonds is 4. The van der Waals surface area contributed by atoms with Crippen molar-refractivity contribution < 1.29 is 4.79 Å². The first kappa shape index (κ1) is 11.3. The summed E-state index contributed by atoms with van der Waals surface area (Å²) in [5, 5.41) is 11.7. The molecule has 0 radical (unpaired) electrons. The van der Waals surface area contributed by atoms with Crippen molar-refractivity contribution in [2.75, 3.05) is 5.32 Å². The number of hydrogen-bond donors (Lipinski definition) is 1. The number of anilines is 1. The van der Waals surface area contributed by atoms with Crippen LogP contribution in [0.4, 0.5) is 5.69 Å². The van der Waals surface area contributed by atoms with Crippen LogP contribution in [0, 0.1) is 11.3 Å². The van der Waals surface area contributed by atoms with Crippen LogP contribution in [-0.4, -0.2) is 11.8 Å². The van der Waals surface area contributed by atoms with Gasteiger partial charge in [0.25, 0.3) is 0 Å². The highest BCUT2D eigenvalue weighted by Crippen LogP contribution is 2.11. The van der Waals surface area contributed by atoms with E-state index in [1.165, 1.54) is 0 Å². The van der Waals surface area contributed by atoms with Gasteiger partial charge in [0.2, 0.25) is 0 Å². The van der Waals surface area contributed by atoms with E-state index in [-0.39, 0.29) is 11.8 Å². The van der Waals surface area contributed by atoms with Crippen molar-refractivity contribution >= 4 is 11.5 Å². The average Bonchev–Trinajstić information content (AvgIpc) is 2.18. The summed E-state index contributed by atoms with van der Waals surface area (Å²) >= 11 is 0. The summed E-state index contributed by atoms with van der Waals surface area (Å²) in [5.74, 6) is 0.0617. The average molecular weight is 202 g/mol. The molecule has 78 valence electrons. The molecule has 0 saturated heterocycles. The molecule has 0 aromatic heterocycles. The number of nitrogens with zero attached hydrogens (tertiary/aromatic N) is 1.